The molecule has 166 valence electrons. The van der Waals surface area contributed by atoms with E-state index in [1.807, 2.05) is 6.92 Å². The topological polar surface area (TPSA) is 94.4 Å². The van der Waals surface area contributed by atoms with Gasteiger partial charge in [0.05, 0.1) is 25.7 Å². The lowest BCUT2D eigenvalue weighted by Crippen LogP contribution is -2.14. The van der Waals surface area contributed by atoms with Gasteiger partial charge in [-0.25, -0.2) is 9.79 Å². The van der Waals surface area contributed by atoms with Crippen molar-refractivity contribution in [2.24, 2.45) is 4.99 Å². The van der Waals surface area contributed by atoms with Gasteiger partial charge in [0.1, 0.15) is 27.9 Å². The molecule has 0 bridgehead atoms. The molecule has 0 radical (unpaired) electrons. The van der Waals surface area contributed by atoms with Crippen molar-refractivity contribution >= 4 is 34.8 Å². The average Bonchev–Trinajstić information content (AvgIpc) is 3.09. The molecule has 0 atom stereocenters. The third kappa shape index (κ3) is 4.70. The van der Waals surface area contributed by atoms with Crippen LogP contribution in [-0.2, 0) is 9.53 Å². The van der Waals surface area contributed by atoms with Crippen molar-refractivity contribution in [2.75, 3.05) is 20.8 Å². The number of nitrogens with zero attached hydrogens (tertiary/aromatic N) is 1. The Bertz CT molecular complexity index is 1130. The third-order valence-corrected chi connectivity index (χ3v) is 5.71. The number of methoxy groups -OCH3 is 2. The number of aliphatic hydroxyl groups excluding tert-OH is 1. The highest BCUT2D eigenvalue weighted by atomic mass is 32.2. The summed E-state index contributed by atoms with van der Waals surface area (Å²) in [5, 5.41) is 10.9. The summed E-state index contributed by atoms with van der Waals surface area (Å²) in [6, 6.07) is 12.0. The molecule has 0 saturated heterocycles. The van der Waals surface area contributed by atoms with Crippen LogP contribution in [-0.4, -0.2) is 42.9 Å². The van der Waals surface area contributed by atoms with Gasteiger partial charge < -0.3 is 19.3 Å². The summed E-state index contributed by atoms with van der Waals surface area (Å²) in [4.78, 5) is 29.6. The molecule has 0 spiro atoms. The van der Waals surface area contributed by atoms with Gasteiger partial charge in [-0.15, -0.1) is 0 Å². The van der Waals surface area contributed by atoms with Gasteiger partial charge in [-0.1, -0.05) is 30.0 Å². The fourth-order valence-electron chi connectivity index (χ4n) is 3.17. The first kappa shape index (κ1) is 23.1. The number of esters is 1. The predicted molar refractivity (Wildman–Crippen MR) is 124 cm³/mol. The van der Waals surface area contributed by atoms with Crippen molar-refractivity contribution in [3.05, 3.63) is 75.4 Å². The Morgan fingerprint density at radius 3 is 2.44 bits per heavy atom. The molecule has 1 aliphatic rings. The van der Waals surface area contributed by atoms with Crippen LogP contribution in [0.2, 0.25) is 0 Å². The molecule has 1 N–H and O–H groups in total. The molecule has 2 aromatic carbocycles. The van der Waals surface area contributed by atoms with E-state index in [2.05, 4.69) is 4.99 Å². The maximum absolute atomic E-state index is 12.6. The predicted octanol–water partition coefficient (Wildman–Crippen LogP) is 4.71. The highest BCUT2D eigenvalue weighted by Gasteiger charge is 2.34. The molecule has 0 saturated carbocycles. The average molecular weight is 454 g/mol. The van der Waals surface area contributed by atoms with E-state index in [1.54, 1.807) is 62.6 Å². The highest BCUT2D eigenvalue weighted by molar-refractivity contribution is 8.18. The number of rotatable bonds is 6. The Morgan fingerprint density at radius 2 is 1.81 bits per heavy atom. The normalized spacial score (nSPS) is 15.9. The van der Waals surface area contributed by atoms with E-state index in [9.17, 15) is 14.7 Å². The number of carbonyl (C=O) groups is 2. The number of hydrogen-bond acceptors (Lipinski definition) is 7. The first-order valence-corrected chi connectivity index (χ1v) is 10.6. The van der Waals surface area contributed by atoms with Gasteiger partial charge in [0.25, 0.3) is 5.91 Å². The molecule has 8 heteroatoms. The Balaban J connectivity index is 2.07. The number of carbonyl (C=O) groups excluding carboxylic acids is 2. The van der Waals surface area contributed by atoms with Crippen LogP contribution in [0.5, 0.6) is 11.5 Å². The Labute approximate surface area is 190 Å². The van der Waals surface area contributed by atoms with Crippen LogP contribution in [0.3, 0.4) is 0 Å². The molecular formula is C24H23NO6S. The second kappa shape index (κ2) is 10.2. The SMILES string of the molecule is CCOC(=O)C1=C(O)/C(=C/c2ccc(OC)c(C)c2OC)SC1=NC(=O)c1ccccc1. The largest absolute Gasteiger partial charge is 0.506 e. The lowest BCUT2D eigenvalue weighted by Gasteiger charge is -2.12. The molecule has 0 unspecified atom stereocenters. The fraction of sp³-hybridized carbons (Fsp3) is 0.208. The number of amides is 1. The van der Waals surface area contributed by atoms with Crippen LogP contribution in [0.4, 0.5) is 0 Å². The van der Waals surface area contributed by atoms with Crippen LogP contribution in [0.25, 0.3) is 6.08 Å². The second-order valence-corrected chi connectivity index (χ2v) is 7.69. The fourth-order valence-corrected chi connectivity index (χ4v) is 4.17. The standard InChI is InChI=1S/C24H23NO6S/c1-5-31-24(28)19-20(26)18(13-16-11-12-17(29-3)14(2)21(16)30-4)32-23(19)25-22(27)15-9-7-6-8-10-15/h6-13,26H,5H2,1-4H3/b18-13-,25-23?. The van der Waals surface area contributed by atoms with Gasteiger partial charge in [0, 0.05) is 16.7 Å². The van der Waals surface area contributed by atoms with Crippen molar-refractivity contribution in [1.29, 1.82) is 0 Å². The molecule has 0 aliphatic carbocycles. The minimum Gasteiger partial charge on any atom is -0.506 e. The number of aliphatic hydroxyl groups is 1. The van der Waals surface area contributed by atoms with Crippen molar-refractivity contribution in [3.8, 4) is 11.5 Å². The zero-order valence-corrected chi connectivity index (χ0v) is 19.0. The van der Waals surface area contributed by atoms with E-state index in [4.69, 9.17) is 14.2 Å². The molecule has 1 amide bonds. The van der Waals surface area contributed by atoms with Gasteiger partial charge in [0.15, 0.2) is 0 Å². The van der Waals surface area contributed by atoms with Crippen molar-refractivity contribution < 1.29 is 28.9 Å². The van der Waals surface area contributed by atoms with Gasteiger partial charge in [-0.05, 0) is 44.2 Å². The summed E-state index contributed by atoms with van der Waals surface area (Å²) in [6.45, 7) is 3.63. The minimum atomic E-state index is -0.751. The first-order valence-electron chi connectivity index (χ1n) is 9.81. The molecule has 1 aliphatic heterocycles. The molecule has 7 nitrogen and oxygen atoms in total. The van der Waals surface area contributed by atoms with Crippen molar-refractivity contribution in [1.82, 2.24) is 0 Å². The molecule has 0 fully saturated rings. The van der Waals surface area contributed by atoms with Gasteiger partial charge in [0.2, 0.25) is 0 Å². The summed E-state index contributed by atoms with van der Waals surface area (Å²) in [7, 11) is 3.11. The van der Waals surface area contributed by atoms with E-state index in [0.717, 1.165) is 17.3 Å². The number of hydrogen-bond donors (Lipinski definition) is 1. The second-order valence-electron chi connectivity index (χ2n) is 6.66. The molecular weight excluding hydrogens is 430 g/mol. The Hall–Kier alpha value is -3.52. The Kier molecular flexibility index (Phi) is 7.37. The maximum atomic E-state index is 12.6. The van der Waals surface area contributed by atoms with E-state index in [1.165, 1.54) is 7.11 Å². The van der Waals surface area contributed by atoms with Gasteiger partial charge >= 0.3 is 5.97 Å². The zero-order chi connectivity index (χ0) is 23.3. The van der Waals surface area contributed by atoms with Crippen LogP contribution in [0.15, 0.2) is 63.7 Å². The van der Waals surface area contributed by atoms with E-state index in [0.29, 0.717) is 27.5 Å². The van der Waals surface area contributed by atoms with Gasteiger partial charge in [-0.2, -0.15) is 0 Å². The maximum Gasteiger partial charge on any atom is 0.344 e. The highest BCUT2D eigenvalue weighted by Crippen LogP contribution is 2.41. The minimum absolute atomic E-state index is 0.0743. The van der Waals surface area contributed by atoms with E-state index >= 15 is 0 Å². The lowest BCUT2D eigenvalue weighted by atomic mass is 10.1. The van der Waals surface area contributed by atoms with Crippen LogP contribution in [0, 0.1) is 6.92 Å². The van der Waals surface area contributed by atoms with E-state index < -0.39 is 11.9 Å². The summed E-state index contributed by atoms with van der Waals surface area (Å²) in [5.74, 6) is -0.358. The van der Waals surface area contributed by atoms with E-state index in [-0.39, 0.29) is 23.0 Å². The molecule has 2 aromatic rings. The number of ether oxygens (including phenoxy) is 3. The number of aliphatic imine (C=N–C) groups is 1. The number of thioether (sulfide) groups is 1. The first-order chi connectivity index (χ1) is 15.4. The van der Waals surface area contributed by atoms with Crippen molar-refractivity contribution in [3.63, 3.8) is 0 Å². The zero-order valence-electron chi connectivity index (χ0n) is 18.2. The third-order valence-electron chi connectivity index (χ3n) is 4.69. The Morgan fingerprint density at radius 1 is 1.09 bits per heavy atom. The summed E-state index contributed by atoms with van der Waals surface area (Å²) in [6.07, 6.45) is 1.67. The van der Waals surface area contributed by atoms with Crippen LogP contribution < -0.4 is 9.47 Å². The van der Waals surface area contributed by atoms with Gasteiger partial charge in [-0.3, -0.25) is 4.79 Å². The van der Waals surface area contributed by atoms with Crippen LogP contribution >= 0.6 is 11.8 Å². The molecule has 1 heterocycles. The summed E-state index contributed by atoms with van der Waals surface area (Å²) >= 11 is 1.01. The lowest BCUT2D eigenvalue weighted by molar-refractivity contribution is -0.138. The quantitative estimate of drug-likeness (QED) is 0.633. The molecule has 32 heavy (non-hydrogen) atoms. The van der Waals surface area contributed by atoms with Crippen molar-refractivity contribution in [2.45, 2.75) is 13.8 Å². The summed E-state index contributed by atoms with van der Waals surface area (Å²) in [5.41, 5.74) is 1.68. The molecule has 3 rings (SSSR count). The molecule has 0 aromatic heterocycles. The number of benzene rings is 2. The smallest absolute Gasteiger partial charge is 0.344 e. The monoisotopic (exact) mass is 453 g/mol. The summed E-state index contributed by atoms with van der Waals surface area (Å²) < 4.78 is 15.9. The van der Waals surface area contributed by atoms with Crippen LogP contribution in [0.1, 0.15) is 28.4 Å².